The Morgan fingerprint density at radius 2 is 2.10 bits per heavy atom. The fourth-order valence-corrected chi connectivity index (χ4v) is 5.79. The molecule has 0 bridgehead atoms. The van der Waals surface area contributed by atoms with Crippen molar-refractivity contribution >= 4 is 11.9 Å². The van der Waals surface area contributed by atoms with Crippen molar-refractivity contribution < 1.29 is 9.53 Å². The van der Waals surface area contributed by atoms with Crippen LogP contribution in [0.3, 0.4) is 0 Å². The highest BCUT2D eigenvalue weighted by Gasteiger charge is 2.65. The van der Waals surface area contributed by atoms with E-state index in [1.807, 2.05) is 18.2 Å². The molecule has 1 aromatic rings. The number of amides is 1. The fraction of sp³-hybridized carbons (Fsp3) is 0.667. The standard InChI is InChI=1S/C24H36N4O2/c1-4-25-23(26-14-10-17-8-7-9-18(16-17)22(29)28(2)3)27-20-19-11-15-30-21(19)24(20)12-5-6-13-24/h7-9,16,19-21H,4-6,10-15H2,1-3H3,(H2,25,26,27). The molecule has 30 heavy (non-hydrogen) atoms. The summed E-state index contributed by atoms with van der Waals surface area (Å²) in [7, 11) is 3.57. The summed E-state index contributed by atoms with van der Waals surface area (Å²) in [4.78, 5) is 18.7. The highest BCUT2D eigenvalue weighted by atomic mass is 16.5. The molecule has 3 unspecified atom stereocenters. The third-order valence-corrected chi connectivity index (χ3v) is 7.17. The van der Waals surface area contributed by atoms with Crippen molar-refractivity contribution in [2.75, 3.05) is 33.8 Å². The second-order valence-electron chi connectivity index (χ2n) is 9.22. The average molecular weight is 413 g/mol. The van der Waals surface area contributed by atoms with Crippen LogP contribution in [0.4, 0.5) is 0 Å². The van der Waals surface area contributed by atoms with Gasteiger partial charge < -0.3 is 20.3 Å². The lowest BCUT2D eigenvalue weighted by Crippen LogP contribution is -2.69. The van der Waals surface area contributed by atoms with E-state index in [9.17, 15) is 4.79 Å². The number of aliphatic imine (C=N–C) groups is 1. The highest BCUT2D eigenvalue weighted by molar-refractivity contribution is 5.94. The molecule has 2 aliphatic carbocycles. The first kappa shape index (κ1) is 21.2. The largest absolute Gasteiger partial charge is 0.377 e. The lowest BCUT2D eigenvalue weighted by molar-refractivity contribution is -0.125. The summed E-state index contributed by atoms with van der Waals surface area (Å²) in [6, 6.07) is 8.36. The van der Waals surface area contributed by atoms with E-state index in [-0.39, 0.29) is 5.91 Å². The van der Waals surface area contributed by atoms with Gasteiger partial charge in [0.2, 0.25) is 0 Å². The lowest BCUT2D eigenvalue weighted by atomic mass is 9.54. The van der Waals surface area contributed by atoms with Crippen molar-refractivity contribution in [1.29, 1.82) is 0 Å². The van der Waals surface area contributed by atoms with E-state index in [0.29, 0.717) is 30.0 Å². The Labute approximate surface area is 180 Å². The number of hydrogen-bond acceptors (Lipinski definition) is 3. The zero-order chi connectivity index (χ0) is 21.1. The number of hydrogen-bond donors (Lipinski definition) is 2. The number of rotatable bonds is 6. The van der Waals surface area contributed by atoms with Gasteiger partial charge in [-0.15, -0.1) is 0 Å². The first-order chi connectivity index (χ1) is 14.5. The molecule has 3 fully saturated rings. The summed E-state index contributed by atoms with van der Waals surface area (Å²) < 4.78 is 6.12. The summed E-state index contributed by atoms with van der Waals surface area (Å²) in [5, 5.41) is 7.22. The Morgan fingerprint density at radius 3 is 2.83 bits per heavy atom. The first-order valence-corrected chi connectivity index (χ1v) is 11.5. The topological polar surface area (TPSA) is 66.0 Å². The van der Waals surface area contributed by atoms with E-state index < -0.39 is 0 Å². The molecule has 1 amide bonds. The van der Waals surface area contributed by atoms with Crippen LogP contribution >= 0.6 is 0 Å². The number of ether oxygens (including phenoxy) is 1. The van der Waals surface area contributed by atoms with Crippen LogP contribution < -0.4 is 10.6 Å². The van der Waals surface area contributed by atoms with Crippen LogP contribution in [-0.4, -0.2) is 62.7 Å². The first-order valence-electron chi connectivity index (χ1n) is 11.5. The number of nitrogens with zero attached hydrogens (tertiary/aromatic N) is 2. The van der Waals surface area contributed by atoms with Crippen molar-refractivity contribution in [3.05, 3.63) is 35.4 Å². The Balaban J connectivity index is 1.40. The molecule has 1 aliphatic heterocycles. The molecule has 6 heteroatoms. The number of fused-ring (bicyclic) bond motifs is 2. The molecule has 1 heterocycles. The summed E-state index contributed by atoms with van der Waals surface area (Å²) in [5.74, 6) is 1.58. The average Bonchev–Trinajstić information content (AvgIpc) is 3.40. The fourth-order valence-electron chi connectivity index (χ4n) is 5.79. The van der Waals surface area contributed by atoms with E-state index in [4.69, 9.17) is 9.73 Å². The maximum atomic E-state index is 12.2. The van der Waals surface area contributed by atoms with Gasteiger partial charge in [-0.3, -0.25) is 9.79 Å². The van der Waals surface area contributed by atoms with Crippen LogP contribution in [-0.2, 0) is 11.2 Å². The predicted molar refractivity (Wildman–Crippen MR) is 120 cm³/mol. The molecule has 164 valence electrons. The normalized spacial score (nSPS) is 26.9. The van der Waals surface area contributed by atoms with Gasteiger partial charge in [0.25, 0.3) is 5.91 Å². The minimum absolute atomic E-state index is 0.0375. The van der Waals surface area contributed by atoms with Crippen LogP contribution in [0.25, 0.3) is 0 Å². The van der Waals surface area contributed by atoms with Gasteiger partial charge in [0, 0.05) is 56.7 Å². The Hall–Kier alpha value is -2.08. The summed E-state index contributed by atoms with van der Waals surface area (Å²) >= 11 is 0. The van der Waals surface area contributed by atoms with E-state index in [0.717, 1.165) is 43.1 Å². The maximum absolute atomic E-state index is 12.2. The van der Waals surface area contributed by atoms with Crippen molar-refractivity contribution in [1.82, 2.24) is 15.5 Å². The van der Waals surface area contributed by atoms with Gasteiger partial charge in [-0.1, -0.05) is 25.0 Å². The monoisotopic (exact) mass is 412 g/mol. The van der Waals surface area contributed by atoms with Gasteiger partial charge in [0.15, 0.2) is 5.96 Å². The molecule has 4 rings (SSSR count). The number of benzene rings is 1. The predicted octanol–water partition coefficient (Wildman–Crippen LogP) is 2.83. The quantitative estimate of drug-likeness (QED) is 0.557. The zero-order valence-electron chi connectivity index (χ0n) is 18.6. The van der Waals surface area contributed by atoms with Crippen LogP contribution in [0, 0.1) is 11.3 Å². The maximum Gasteiger partial charge on any atom is 0.253 e. The molecule has 1 saturated heterocycles. The van der Waals surface area contributed by atoms with Crippen molar-refractivity contribution in [2.24, 2.45) is 16.3 Å². The number of carbonyl (C=O) groups excluding carboxylic acids is 1. The van der Waals surface area contributed by atoms with Crippen LogP contribution in [0.5, 0.6) is 0 Å². The van der Waals surface area contributed by atoms with E-state index in [2.05, 4.69) is 23.6 Å². The molecule has 0 aromatic heterocycles. The smallest absolute Gasteiger partial charge is 0.253 e. The van der Waals surface area contributed by atoms with Gasteiger partial charge in [0.05, 0.1) is 6.10 Å². The van der Waals surface area contributed by atoms with Gasteiger partial charge >= 0.3 is 0 Å². The molecule has 0 radical (unpaired) electrons. The molecule has 1 aromatic carbocycles. The molecule has 1 spiro atoms. The summed E-state index contributed by atoms with van der Waals surface area (Å²) in [6.45, 7) is 4.56. The summed E-state index contributed by atoms with van der Waals surface area (Å²) in [5.41, 5.74) is 2.19. The van der Waals surface area contributed by atoms with Crippen molar-refractivity contribution in [3.63, 3.8) is 0 Å². The minimum atomic E-state index is 0.0375. The van der Waals surface area contributed by atoms with Crippen molar-refractivity contribution in [2.45, 2.75) is 57.6 Å². The van der Waals surface area contributed by atoms with Crippen LogP contribution in [0.15, 0.2) is 29.3 Å². The molecule has 6 nitrogen and oxygen atoms in total. The molecule has 2 N–H and O–H groups in total. The van der Waals surface area contributed by atoms with Gasteiger partial charge in [-0.25, -0.2) is 0 Å². The molecular formula is C24H36N4O2. The second kappa shape index (κ2) is 8.96. The SMILES string of the molecule is CCNC(=NCCc1cccc(C(=O)N(C)C)c1)NC1C2CCOC2C12CCCC2. The van der Waals surface area contributed by atoms with E-state index in [1.165, 1.54) is 25.7 Å². The number of nitrogens with one attached hydrogen (secondary N) is 2. The van der Waals surface area contributed by atoms with E-state index >= 15 is 0 Å². The molecule has 3 aliphatic rings. The van der Waals surface area contributed by atoms with Crippen LogP contribution in [0.1, 0.15) is 54.9 Å². The third kappa shape index (κ3) is 3.94. The zero-order valence-corrected chi connectivity index (χ0v) is 18.6. The van der Waals surface area contributed by atoms with E-state index in [1.54, 1.807) is 19.0 Å². The third-order valence-electron chi connectivity index (χ3n) is 7.17. The summed E-state index contributed by atoms with van der Waals surface area (Å²) in [6.07, 6.45) is 7.63. The van der Waals surface area contributed by atoms with Crippen LogP contribution in [0.2, 0.25) is 0 Å². The molecule has 2 saturated carbocycles. The van der Waals surface area contributed by atoms with Gasteiger partial charge in [-0.2, -0.15) is 0 Å². The second-order valence-corrected chi connectivity index (χ2v) is 9.22. The Kier molecular flexibility index (Phi) is 6.32. The minimum Gasteiger partial charge on any atom is -0.377 e. The Bertz CT molecular complexity index is 785. The molecular weight excluding hydrogens is 376 g/mol. The van der Waals surface area contributed by atoms with Gasteiger partial charge in [0.1, 0.15) is 0 Å². The number of carbonyl (C=O) groups is 1. The molecule has 3 atom stereocenters. The lowest BCUT2D eigenvalue weighted by Gasteiger charge is -2.57. The highest BCUT2D eigenvalue weighted by Crippen LogP contribution is 2.60. The van der Waals surface area contributed by atoms with Crippen molar-refractivity contribution in [3.8, 4) is 0 Å². The van der Waals surface area contributed by atoms with Gasteiger partial charge in [-0.05, 0) is 50.3 Å². The Morgan fingerprint density at radius 1 is 1.30 bits per heavy atom. The number of guanidine groups is 1.